The van der Waals surface area contributed by atoms with E-state index in [1.165, 1.54) is 6.42 Å². The average molecular weight is 275 g/mol. The summed E-state index contributed by atoms with van der Waals surface area (Å²) in [6, 6.07) is 6.54. The van der Waals surface area contributed by atoms with Crippen molar-refractivity contribution in [1.29, 1.82) is 0 Å². The van der Waals surface area contributed by atoms with Crippen LogP contribution in [0.3, 0.4) is 0 Å². The predicted molar refractivity (Wildman–Crippen MR) is 78.1 cm³/mol. The topological polar surface area (TPSA) is 54.9 Å². The second kappa shape index (κ2) is 5.61. The van der Waals surface area contributed by atoms with Gasteiger partial charge in [-0.3, -0.25) is 0 Å². The number of ether oxygens (including phenoxy) is 2. The van der Waals surface area contributed by atoms with Crippen molar-refractivity contribution in [2.75, 3.05) is 13.3 Å². The van der Waals surface area contributed by atoms with E-state index < -0.39 is 0 Å². The molecule has 5 heteroatoms. The molecule has 1 aliphatic carbocycles. The molecule has 2 aliphatic rings. The molecule has 1 saturated carbocycles. The highest BCUT2D eigenvalue weighted by Gasteiger charge is 2.33. The van der Waals surface area contributed by atoms with Gasteiger partial charge in [0, 0.05) is 12.6 Å². The Morgan fingerprint density at radius 3 is 2.90 bits per heavy atom. The number of benzene rings is 1. The first-order valence-corrected chi connectivity index (χ1v) is 7.19. The van der Waals surface area contributed by atoms with Crippen molar-refractivity contribution in [2.24, 2.45) is 10.9 Å². The maximum absolute atomic E-state index is 5.38. The summed E-state index contributed by atoms with van der Waals surface area (Å²) in [6.07, 6.45) is 1.23. The molecule has 1 aromatic carbocycles. The van der Waals surface area contributed by atoms with Crippen LogP contribution in [0.4, 0.5) is 0 Å². The van der Waals surface area contributed by atoms with Gasteiger partial charge in [-0.05, 0) is 37.0 Å². The van der Waals surface area contributed by atoms with Gasteiger partial charge in [0.1, 0.15) is 0 Å². The van der Waals surface area contributed by atoms with Gasteiger partial charge in [0.05, 0.1) is 6.54 Å². The number of hydrogen-bond acceptors (Lipinski definition) is 3. The second-order valence-corrected chi connectivity index (χ2v) is 5.35. The molecule has 0 spiro atoms. The van der Waals surface area contributed by atoms with Crippen molar-refractivity contribution in [3.8, 4) is 11.5 Å². The Hall–Kier alpha value is -1.91. The number of rotatable bonds is 4. The fraction of sp³-hybridized carbons (Fsp3) is 0.533. The second-order valence-electron chi connectivity index (χ2n) is 5.35. The maximum atomic E-state index is 5.38. The Bertz CT molecular complexity index is 516. The van der Waals surface area contributed by atoms with E-state index in [4.69, 9.17) is 9.47 Å². The molecular weight excluding hydrogens is 254 g/mol. The van der Waals surface area contributed by atoms with Gasteiger partial charge in [-0.2, -0.15) is 0 Å². The van der Waals surface area contributed by atoms with E-state index in [0.29, 0.717) is 19.4 Å². The summed E-state index contributed by atoms with van der Waals surface area (Å²) >= 11 is 0. The molecule has 20 heavy (non-hydrogen) atoms. The van der Waals surface area contributed by atoms with Crippen molar-refractivity contribution >= 4 is 5.96 Å². The van der Waals surface area contributed by atoms with E-state index in [1.54, 1.807) is 0 Å². The Morgan fingerprint density at radius 1 is 1.35 bits per heavy atom. The van der Waals surface area contributed by atoms with Crippen LogP contribution < -0.4 is 20.1 Å². The molecule has 3 rings (SSSR count). The molecule has 1 fully saturated rings. The van der Waals surface area contributed by atoms with Crippen LogP contribution in [-0.4, -0.2) is 25.3 Å². The van der Waals surface area contributed by atoms with Gasteiger partial charge >= 0.3 is 0 Å². The third kappa shape index (κ3) is 2.98. The molecule has 1 aliphatic heterocycles. The first-order valence-electron chi connectivity index (χ1n) is 7.19. The van der Waals surface area contributed by atoms with E-state index in [1.807, 2.05) is 18.2 Å². The number of aliphatic imine (C=N–C) groups is 1. The van der Waals surface area contributed by atoms with Crippen LogP contribution >= 0.6 is 0 Å². The highest BCUT2D eigenvalue weighted by atomic mass is 16.7. The zero-order chi connectivity index (χ0) is 13.9. The largest absolute Gasteiger partial charge is 0.454 e. The van der Waals surface area contributed by atoms with Gasteiger partial charge in [0.2, 0.25) is 6.79 Å². The van der Waals surface area contributed by atoms with E-state index in [2.05, 4.69) is 29.5 Å². The van der Waals surface area contributed by atoms with Crippen LogP contribution in [0, 0.1) is 5.92 Å². The number of nitrogens with zero attached hydrogens (tertiary/aromatic N) is 1. The van der Waals surface area contributed by atoms with Crippen LogP contribution in [0.1, 0.15) is 25.8 Å². The maximum Gasteiger partial charge on any atom is 0.231 e. The Morgan fingerprint density at radius 2 is 2.15 bits per heavy atom. The van der Waals surface area contributed by atoms with Crippen molar-refractivity contribution in [1.82, 2.24) is 10.6 Å². The minimum Gasteiger partial charge on any atom is -0.454 e. The summed E-state index contributed by atoms with van der Waals surface area (Å²) in [4.78, 5) is 4.62. The molecule has 0 saturated heterocycles. The fourth-order valence-electron chi connectivity index (χ4n) is 2.23. The van der Waals surface area contributed by atoms with Gasteiger partial charge in [-0.15, -0.1) is 0 Å². The lowest BCUT2D eigenvalue weighted by Crippen LogP contribution is -2.39. The van der Waals surface area contributed by atoms with Gasteiger partial charge in [0.25, 0.3) is 0 Å². The number of fused-ring (bicyclic) bond motifs is 1. The van der Waals surface area contributed by atoms with Gasteiger partial charge in [-0.25, -0.2) is 4.99 Å². The van der Waals surface area contributed by atoms with E-state index in [-0.39, 0.29) is 0 Å². The highest BCUT2D eigenvalue weighted by molar-refractivity contribution is 5.80. The van der Waals surface area contributed by atoms with Crippen molar-refractivity contribution in [3.05, 3.63) is 23.8 Å². The lowest BCUT2D eigenvalue weighted by Gasteiger charge is -2.10. The smallest absolute Gasteiger partial charge is 0.231 e. The summed E-state index contributed by atoms with van der Waals surface area (Å²) in [5.41, 5.74) is 1.12. The SMILES string of the molecule is CCNC(=NCc1ccc2c(c1)OCO2)NC1CC1C. The summed E-state index contributed by atoms with van der Waals surface area (Å²) in [5, 5.41) is 6.73. The summed E-state index contributed by atoms with van der Waals surface area (Å²) in [6.45, 7) is 6.14. The molecular formula is C15H21N3O2. The normalized spacial score (nSPS) is 23.6. The summed E-state index contributed by atoms with van der Waals surface area (Å²) in [5.74, 6) is 3.27. The molecule has 5 nitrogen and oxygen atoms in total. The standard InChI is InChI=1S/C15H21N3O2/c1-3-16-15(18-12-6-10(12)2)17-8-11-4-5-13-14(7-11)20-9-19-13/h4-5,7,10,12H,3,6,8-9H2,1-2H3,(H2,16,17,18). The molecule has 0 bridgehead atoms. The third-order valence-corrected chi connectivity index (χ3v) is 3.63. The van der Waals surface area contributed by atoms with E-state index >= 15 is 0 Å². The van der Waals surface area contributed by atoms with Crippen molar-refractivity contribution < 1.29 is 9.47 Å². The molecule has 2 N–H and O–H groups in total. The first kappa shape index (κ1) is 13.1. The third-order valence-electron chi connectivity index (χ3n) is 3.63. The fourth-order valence-corrected chi connectivity index (χ4v) is 2.23. The van der Waals surface area contributed by atoms with E-state index in [9.17, 15) is 0 Å². The van der Waals surface area contributed by atoms with Gasteiger partial charge in [0.15, 0.2) is 17.5 Å². The van der Waals surface area contributed by atoms with Gasteiger partial charge in [-0.1, -0.05) is 13.0 Å². The van der Waals surface area contributed by atoms with Crippen LogP contribution in [0.2, 0.25) is 0 Å². The summed E-state index contributed by atoms with van der Waals surface area (Å²) < 4.78 is 10.7. The Kier molecular flexibility index (Phi) is 3.67. The Labute approximate surface area is 119 Å². The zero-order valence-corrected chi connectivity index (χ0v) is 12.0. The number of hydrogen-bond donors (Lipinski definition) is 2. The van der Waals surface area contributed by atoms with Crippen LogP contribution in [0.5, 0.6) is 11.5 Å². The summed E-state index contributed by atoms with van der Waals surface area (Å²) in [7, 11) is 0. The molecule has 1 aromatic rings. The van der Waals surface area contributed by atoms with Crippen LogP contribution in [0.15, 0.2) is 23.2 Å². The molecule has 108 valence electrons. The molecule has 0 aromatic heterocycles. The zero-order valence-electron chi connectivity index (χ0n) is 12.0. The molecule has 2 atom stereocenters. The average Bonchev–Trinajstić information content (AvgIpc) is 2.95. The van der Waals surface area contributed by atoms with Gasteiger partial charge < -0.3 is 20.1 Å². The predicted octanol–water partition coefficient (Wildman–Crippen LogP) is 1.88. The van der Waals surface area contributed by atoms with Crippen molar-refractivity contribution in [2.45, 2.75) is 32.9 Å². The number of nitrogens with one attached hydrogen (secondary N) is 2. The van der Waals surface area contributed by atoms with Crippen molar-refractivity contribution in [3.63, 3.8) is 0 Å². The molecule has 0 radical (unpaired) electrons. The Balaban J connectivity index is 1.64. The highest BCUT2D eigenvalue weighted by Crippen LogP contribution is 2.32. The molecule has 0 amide bonds. The molecule has 1 heterocycles. The monoisotopic (exact) mass is 275 g/mol. The van der Waals surface area contributed by atoms with Crippen LogP contribution in [0.25, 0.3) is 0 Å². The lowest BCUT2D eigenvalue weighted by molar-refractivity contribution is 0.174. The molecule has 2 unspecified atom stereocenters. The minimum absolute atomic E-state index is 0.311. The minimum atomic E-state index is 0.311. The number of guanidine groups is 1. The van der Waals surface area contributed by atoms with Crippen LogP contribution in [-0.2, 0) is 6.54 Å². The lowest BCUT2D eigenvalue weighted by atomic mass is 10.2. The van der Waals surface area contributed by atoms with E-state index in [0.717, 1.165) is 35.5 Å². The first-order chi connectivity index (χ1) is 9.76. The quantitative estimate of drug-likeness (QED) is 0.651.